The van der Waals surface area contributed by atoms with Gasteiger partial charge in [-0.05, 0) is 47.9 Å². The summed E-state index contributed by atoms with van der Waals surface area (Å²) in [7, 11) is 0. The van der Waals surface area contributed by atoms with Gasteiger partial charge in [0.15, 0.2) is 5.78 Å². The van der Waals surface area contributed by atoms with Crippen LogP contribution in [0.3, 0.4) is 0 Å². The van der Waals surface area contributed by atoms with Crippen molar-refractivity contribution in [2.45, 2.75) is 6.92 Å². The summed E-state index contributed by atoms with van der Waals surface area (Å²) in [5, 5.41) is 2.23. The average Bonchev–Trinajstić information content (AvgIpc) is 3.12. The molecule has 0 aliphatic carbocycles. The molecule has 0 N–H and O–H groups in total. The third kappa shape index (κ3) is 3.08. The van der Waals surface area contributed by atoms with Crippen molar-refractivity contribution in [2.24, 2.45) is 0 Å². The first-order valence-corrected chi connectivity index (χ1v) is 10.2. The van der Waals surface area contributed by atoms with Gasteiger partial charge in [-0.1, -0.05) is 76.6 Å². The van der Waals surface area contributed by atoms with Crippen LogP contribution in [0.2, 0.25) is 0 Å². The Hall–Kier alpha value is -3.17. The highest BCUT2D eigenvalue weighted by molar-refractivity contribution is 9.10. The van der Waals surface area contributed by atoms with E-state index in [9.17, 15) is 4.79 Å². The molecule has 0 fully saturated rings. The first-order valence-electron chi connectivity index (χ1n) is 9.43. The zero-order chi connectivity index (χ0) is 20.0. The third-order valence-electron chi connectivity index (χ3n) is 5.25. The lowest BCUT2D eigenvalue weighted by molar-refractivity contribution is 0.101. The van der Waals surface area contributed by atoms with Crippen LogP contribution in [-0.2, 0) is 0 Å². The Morgan fingerprint density at radius 2 is 1.48 bits per heavy atom. The molecule has 0 atom stereocenters. The van der Waals surface area contributed by atoms with Crippen LogP contribution >= 0.6 is 15.9 Å². The Bertz CT molecular complexity index is 1390. The summed E-state index contributed by atoms with van der Waals surface area (Å²) >= 11 is 3.47. The number of para-hydroxylation sites is 2. The lowest BCUT2D eigenvalue weighted by Gasteiger charge is -2.10. The normalized spacial score (nSPS) is 11.2. The molecule has 0 bridgehead atoms. The second kappa shape index (κ2) is 7.02. The van der Waals surface area contributed by atoms with Crippen LogP contribution in [0.5, 0.6) is 0 Å². The average molecular weight is 441 g/mol. The third-order valence-corrected chi connectivity index (χ3v) is 5.74. The molecule has 0 radical (unpaired) electrons. The van der Waals surface area contributed by atoms with E-state index in [1.165, 1.54) is 0 Å². The first-order chi connectivity index (χ1) is 14.1. The smallest absolute Gasteiger partial charge is 0.160 e. The second-order valence-electron chi connectivity index (χ2n) is 7.11. The van der Waals surface area contributed by atoms with Crippen molar-refractivity contribution in [3.63, 3.8) is 0 Å². The van der Waals surface area contributed by atoms with Gasteiger partial charge in [-0.25, -0.2) is 0 Å². The Morgan fingerprint density at radius 1 is 0.759 bits per heavy atom. The summed E-state index contributed by atoms with van der Waals surface area (Å²) in [6, 6.07) is 28.4. The molecule has 29 heavy (non-hydrogen) atoms. The zero-order valence-corrected chi connectivity index (χ0v) is 17.4. The highest BCUT2D eigenvalue weighted by Crippen LogP contribution is 2.37. The number of halogens is 1. The van der Waals surface area contributed by atoms with Crippen molar-refractivity contribution in [1.29, 1.82) is 0 Å². The van der Waals surface area contributed by atoms with E-state index in [0.717, 1.165) is 48.7 Å². The van der Waals surface area contributed by atoms with Crippen molar-refractivity contribution in [3.8, 4) is 22.3 Å². The molecular formula is C26H17BrO2. The fourth-order valence-corrected chi connectivity index (χ4v) is 4.25. The lowest BCUT2D eigenvalue weighted by Crippen LogP contribution is -1.96. The van der Waals surface area contributed by atoms with Crippen LogP contribution in [-0.4, -0.2) is 5.78 Å². The number of Topliss-reactive ketones (excluding diaryl/α,β-unsaturated/α-hetero) is 1. The molecule has 0 spiro atoms. The minimum absolute atomic E-state index is 0.0473. The van der Waals surface area contributed by atoms with Crippen molar-refractivity contribution in [3.05, 3.63) is 95.0 Å². The monoisotopic (exact) mass is 440 g/mol. The maximum absolute atomic E-state index is 12.2. The minimum atomic E-state index is 0.0473. The van der Waals surface area contributed by atoms with E-state index < -0.39 is 0 Å². The highest BCUT2D eigenvalue weighted by Gasteiger charge is 2.14. The van der Waals surface area contributed by atoms with E-state index in [1.807, 2.05) is 48.5 Å². The minimum Gasteiger partial charge on any atom is -0.455 e. The second-order valence-corrected chi connectivity index (χ2v) is 8.02. The van der Waals surface area contributed by atoms with Gasteiger partial charge in [-0.2, -0.15) is 0 Å². The summed E-state index contributed by atoms with van der Waals surface area (Å²) in [6.07, 6.45) is 0. The van der Waals surface area contributed by atoms with Gasteiger partial charge in [0.05, 0.1) is 0 Å². The van der Waals surface area contributed by atoms with Gasteiger partial charge in [0, 0.05) is 26.4 Å². The fourth-order valence-electron chi connectivity index (χ4n) is 3.89. The molecule has 0 aliphatic heterocycles. The van der Waals surface area contributed by atoms with Gasteiger partial charge >= 0.3 is 0 Å². The van der Waals surface area contributed by atoms with E-state index in [-0.39, 0.29) is 5.78 Å². The van der Waals surface area contributed by atoms with Gasteiger partial charge in [-0.15, -0.1) is 0 Å². The van der Waals surface area contributed by atoms with Crippen molar-refractivity contribution in [1.82, 2.24) is 0 Å². The Balaban J connectivity index is 1.71. The van der Waals surface area contributed by atoms with Crippen LogP contribution in [0, 0.1) is 0 Å². The van der Waals surface area contributed by atoms with Gasteiger partial charge in [0.1, 0.15) is 11.2 Å². The molecule has 0 saturated carbocycles. The Labute approximate surface area is 176 Å². The molecule has 3 heteroatoms. The number of rotatable bonds is 3. The number of fused-ring (bicyclic) bond motifs is 3. The number of carbonyl (C=O) groups excluding carboxylic acids is 1. The molecule has 0 aliphatic rings. The quantitative estimate of drug-likeness (QED) is 0.267. The van der Waals surface area contributed by atoms with Crippen LogP contribution < -0.4 is 0 Å². The molecular weight excluding hydrogens is 424 g/mol. The number of carbonyl (C=O) groups is 1. The van der Waals surface area contributed by atoms with Gasteiger partial charge < -0.3 is 4.42 Å². The number of hydrogen-bond acceptors (Lipinski definition) is 2. The standard InChI is InChI=1S/C26H17BrO2/c1-16(28)24-15-19(27)12-13-20(24)17-6-4-7-18(14-17)21-9-5-10-23-22-8-2-3-11-25(22)29-26(21)23/h2-15H,1H3. The van der Waals surface area contributed by atoms with Crippen molar-refractivity contribution >= 4 is 43.7 Å². The summed E-state index contributed by atoms with van der Waals surface area (Å²) in [6.45, 7) is 1.60. The maximum atomic E-state index is 12.2. The van der Waals surface area contributed by atoms with E-state index in [4.69, 9.17) is 4.42 Å². The number of furan rings is 1. The fraction of sp³-hybridized carbons (Fsp3) is 0.0385. The molecule has 5 rings (SSSR count). The lowest BCUT2D eigenvalue weighted by atomic mass is 9.94. The summed E-state index contributed by atoms with van der Waals surface area (Å²) in [5.41, 5.74) is 6.52. The molecule has 0 amide bonds. The van der Waals surface area contributed by atoms with Crippen molar-refractivity contribution in [2.75, 3.05) is 0 Å². The Morgan fingerprint density at radius 3 is 2.31 bits per heavy atom. The van der Waals surface area contributed by atoms with Crippen LogP contribution in [0.15, 0.2) is 93.8 Å². The predicted molar refractivity (Wildman–Crippen MR) is 122 cm³/mol. The van der Waals surface area contributed by atoms with E-state index in [1.54, 1.807) is 6.92 Å². The Kier molecular flexibility index (Phi) is 4.33. The molecule has 4 aromatic carbocycles. The molecule has 0 saturated heterocycles. The van der Waals surface area contributed by atoms with E-state index in [2.05, 4.69) is 52.3 Å². The SMILES string of the molecule is CC(=O)c1cc(Br)ccc1-c1cccc(-c2cccc3c2oc2ccccc23)c1. The maximum Gasteiger partial charge on any atom is 0.160 e. The first kappa shape index (κ1) is 17.9. The van der Waals surface area contributed by atoms with Crippen molar-refractivity contribution < 1.29 is 9.21 Å². The molecule has 5 aromatic rings. The molecule has 0 unspecified atom stereocenters. The highest BCUT2D eigenvalue weighted by atomic mass is 79.9. The van der Waals surface area contributed by atoms with Crippen LogP contribution in [0.1, 0.15) is 17.3 Å². The van der Waals surface area contributed by atoms with Crippen LogP contribution in [0.4, 0.5) is 0 Å². The molecule has 1 aromatic heterocycles. The van der Waals surface area contributed by atoms with Gasteiger partial charge in [0.25, 0.3) is 0 Å². The van der Waals surface area contributed by atoms with Gasteiger partial charge in [-0.3, -0.25) is 4.79 Å². The summed E-state index contributed by atoms with van der Waals surface area (Å²) in [4.78, 5) is 12.2. The molecule has 2 nitrogen and oxygen atoms in total. The van der Waals surface area contributed by atoms with E-state index in [0.29, 0.717) is 5.56 Å². The number of benzene rings is 4. The largest absolute Gasteiger partial charge is 0.455 e. The van der Waals surface area contributed by atoms with Gasteiger partial charge in [0.2, 0.25) is 0 Å². The number of ketones is 1. The zero-order valence-electron chi connectivity index (χ0n) is 15.8. The number of hydrogen-bond donors (Lipinski definition) is 0. The molecule has 1 heterocycles. The summed E-state index contributed by atoms with van der Waals surface area (Å²) in [5.74, 6) is 0.0473. The molecule has 140 valence electrons. The topological polar surface area (TPSA) is 30.2 Å². The van der Waals surface area contributed by atoms with Crippen LogP contribution in [0.25, 0.3) is 44.2 Å². The summed E-state index contributed by atoms with van der Waals surface area (Å²) < 4.78 is 7.10. The van der Waals surface area contributed by atoms with E-state index >= 15 is 0 Å². The predicted octanol–water partition coefficient (Wildman–Crippen LogP) is 7.89.